The van der Waals surface area contributed by atoms with Gasteiger partial charge in [0.25, 0.3) is 0 Å². The molecule has 0 fully saturated rings. The predicted molar refractivity (Wildman–Crippen MR) is 88.9 cm³/mol. The first-order chi connectivity index (χ1) is 10.2. The van der Waals surface area contributed by atoms with Crippen molar-refractivity contribution in [1.82, 2.24) is 9.97 Å². The summed E-state index contributed by atoms with van der Waals surface area (Å²) in [6.45, 7) is 8.14. The van der Waals surface area contributed by atoms with E-state index in [4.69, 9.17) is 0 Å². The molecule has 112 valence electrons. The molecule has 0 aliphatic rings. The van der Waals surface area contributed by atoms with E-state index in [0.29, 0.717) is 5.92 Å². The Morgan fingerprint density at radius 1 is 1.00 bits per heavy atom. The van der Waals surface area contributed by atoms with E-state index in [1.165, 1.54) is 5.56 Å². The van der Waals surface area contributed by atoms with Crippen molar-refractivity contribution in [1.29, 1.82) is 0 Å². The molecule has 0 aliphatic heterocycles. The molecule has 0 radical (unpaired) electrons. The lowest BCUT2D eigenvalue weighted by molar-refractivity contribution is 0.842. The lowest BCUT2D eigenvalue weighted by Crippen LogP contribution is -2.13. The molecule has 1 heterocycles. The highest BCUT2D eigenvalue weighted by Gasteiger charge is 2.14. The van der Waals surface area contributed by atoms with Crippen molar-refractivity contribution in [2.45, 2.75) is 33.1 Å². The fraction of sp³-hybridized carbons (Fsp3) is 0.412. The van der Waals surface area contributed by atoms with E-state index in [-0.39, 0.29) is 0 Å². The standard InChI is InChI=1S/C17H24N4/c1-4-18-16-15(13(2)3)17(21-12-20-16)19-11-10-14-8-6-5-7-9-14/h5-9,12-13H,4,10-11H2,1-3H3,(H2,18,19,20,21). The van der Waals surface area contributed by atoms with Crippen molar-refractivity contribution >= 4 is 11.6 Å². The van der Waals surface area contributed by atoms with E-state index < -0.39 is 0 Å². The van der Waals surface area contributed by atoms with Crippen LogP contribution in [0, 0.1) is 0 Å². The summed E-state index contributed by atoms with van der Waals surface area (Å²) in [5.41, 5.74) is 2.49. The summed E-state index contributed by atoms with van der Waals surface area (Å²) in [4.78, 5) is 8.77. The molecule has 2 N–H and O–H groups in total. The second kappa shape index (κ2) is 7.62. The molecule has 4 nitrogen and oxygen atoms in total. The molecule has 1 aromatic heterocycles. The quantitative estimate of drug-likeness (QED) is 0.814. The van der Waals surface area contributed by atoms with Crippen molar-refractivity contribution < 1.29 is 0 Å². The van der Waals surface area contributed by atoms with E-state index in [9.17, 15) is 0 Å². The Balaban J connectivity index is 2.07. The number of hydrogen-bond donors (Lipinski definition) is 2. The molecule has 1 aromatic carbocycles. The zero-order valence-corrected chi connectivity index (χ0v) is 13.1. The molecule has 4 heteroatoms. The Morgan fingerprint density at radius 2 is 1.67 bits per heavy atom. The van der Waals surface area contributed by atoms with Gasteiger partial charge in [-0.2, -0.15) is 0 Å². The minimum atomic E-state index is 0.375. The molecule has 0 saturated carbocycles. The van der Waals surface area contributed by atoms with E-state index in [0.717, 1.165) is 36.7 Å². The third kappa shape index (κ3) is 4.18. The topological polar surface area (TPSA) is 49.8 Å². The Bertz CT molecular complexity index is 552. The van der Waals surface area contributed by atoms with E-state index in [2.05, 4.69) is 65.6 Å². The monoisotopic (exact) mass is 284 g/mol. The molecule has 0 bridgehead atoms. The van der Waals surface area contributed by atoms with Gasteiger partial charge < -0.3 is 10.6 Å². The number of benzene rings is 1. The van der Waals surface area contributed by atoms with Crippen LogP contribution in [0.3, 0.4) is 0 Å². The number of anilines is 2. The van der Waals surface area contributed by atoms with Crippen molar-refractivity contribution in [3.8, 4) is 0 Å². The van der Waals surface area contributed by atoms with Gasteiger partial charge in [0.2, 0.25) is 0 Å². The van der Waals surface area contributed by atoms with Crippen LogP contribution in [0.25, 0.3) is 0 Å². The van der Waals surface area contributed by atoms with E-state index in [1.807, 2.05) is 6.07 Å². The highest BCUT2D eigenvalue weighted by atomic mass is 15.1. The maximum absolute atomic E-state index is 4.41. The number of nitrogens with zero attached hydrogens (tertiary/aromatic N) is 2. The Kier molecular flexibility index (Phi) is 5.55. The zero-order chi connectivity index (χ0) is 15.1. The van der Waals surface area contributed by atoms with Crippen LogP contribution in [0.2, 0.25) is 0 Å². The molecule has 0 amide bonds. The fourth-order valence-corrected chi connectivity index (χ4v) is 2.36. The normalized spacial score (nSPS) is 10.7. The van der Waals surface area contributed by atoms with Crippen molar-refractivity contribution in [2.75, 3.05) is 23.7 Å². The first-order valence-corrected chi connectivity index (χ1v) is 7.59. The summed E-state index contributed by atoms with van der Waals surface area (Å²) in [5, 5.41) is 6.77. The number of rotatable bonds is 7. The third-order valence-electron chi connectivity index (χ3n) is 3.35. The number of hydrogen-bond acceptors (Lipinski definition) is 4. The summed E-state index contributed by atoms with van der Waals surface area (Å²) in [7, 11) is 0. The van der Waals surface area contributed by atoms with Crippen LogP contribution in [0.1, 0.15) is 37.8 Å². The SMILES string of the molecule is CCNc1ncnc(NCCc2ccccc2)c1C(C)C. The average Bonchev–Trinajstić information content (AvgIpc) is 2.48. The Morgan fingerprint density at radius 3 is 2.29 bits per heavy atom. The highest BCUT2D eigenvalue weighted by molar-refractivity contribution is 5.59. The van der Waals surface area contributed by atoms with Gasteiger partial charge in [0.05, 0.1) is 0 Å². The lowest BCUT2D eigenvalue weighted by Gasteiger charge is -2.17. The summed E-state index contributed by atoms with van der Waals surface area (Å²) in [5.74, 6) is 2.25. The highest BCUT2D eigenvalue weighted by Crippen LogP contribution is 2.28. The molecule has 0 unspecified atom stereocenters. The van der Waals surface area contributed by atoms with Crippen LogP contribution in [0.15, 0.2) is 36.7 Å². The first kappa shape index (κ1) is 15.3. The summed E-state index contributed by atoms with van der Waals surface area (Å²) >= 11 is 0. The molecule has 21 heavy (non-hydrogen) atoms. The molecule has 2 aromatic rings. The summed E-state index contributed by atoms with van der Waals surface area (Å²) in [6, 6.07) is 10.5. The molecule has 0 spiro atoms. The van der Waals surface area contributed by atoms with Crippen LogP contribution < -0.4 is 10.6 Å². The minimum Gasteiger partial charge on any atom is -0.370 e. The van der Waals surface area contributed by atoms with Crippen molar-refractivity contribution in [2.24, 2.45) is 0 Å². The van der Waals surface area contributed by atoms with Gasteiger partial charge in [0.15, 0.2) is 0 Å². The van der Waals surface area contributed by atoms with Crippen LogP contribution in [0.4, 0.5) is 11.6 Å². The second-order valence-electron chi connectivity index (χ2n) is 5.33. The molecule has 0 atom stereocenters. The van der Waals surface area contributed by atoms with E-state index in [1.54, 1.807) is 6.33 Å². The largest absolute Gasteiger partial charge is 0.370 e. The average molecular weight is 284 g/mol. The lowest BCUT2D eigenvalue weighted by atomic mass is 10.0. The van der Waals surface area contributed by atoms with Crippen LogP contribution in [-0.4, -0.2) is 23.1 Å². The van der Waals surface area contributed by atoms with Gasteiger partial charge in [-0.1, -0.05) is 44.2 Å². The zero-order valence-electron chi connectivity index (χ0n) is 13.1. The molecular formula is C17H24N4. The van der Waals surface area contributed by atoms with Gasteiger partial charge in [-0.3, -0.25) is 0 Å². The van der Waals surface area contributed by atoms with Crippen LogP contribution in [-0.2, 0) is 6.42 Å². The number of nitrogens with one attached hydrogen (secondary N) is 2. The smallest absolute Gasteiger partial charge is 0.134 e. The van der Waals surface area contributed by atoms with Gasteiger partial charge in [0.1, 0.15) is 18.0 Å². The van der Waals surface area contributed by atoms with Gasteiger partial charge in [-0.15, -0.1) is 0 Å². The third-order valence-corrected chi connectivity index (χ3v) is 3.35. The first-order valence-electron chi connectivity index (χ1n) is 7.59. The van der Waals surface area contributed by atoms with Gasteiger partial charge in [-0.25, -0.2) is 9.97 Å². The molecule has 2 rings (SSSR count). The Labute approximate surface area is 127 Å². The van der Waals surface area contributed by atoms with Crippen LogP contribution >= 0.6 is 0 Å². The van der Waals surface area contributed by atoms with Crippen molar-refractivity contribution in [3.63, 3.8) is 0 Å². The van der Waals surface area contributed by atoms with Gasteiger partial charge in [-0.05, 0) is 24.8 Å². The molecular weight excluding hydrogens is 260 g/mol. The molecule has 0 aliphatic carbocycles. The minimum absolute atomic E-state index is 0.375. The predicted octanol–water partition coefficient (Wildman–Crippen LogP) is 3.69. The summed E-state index contributed by atoms with van der Waals surface area (Å²) < 4.78 is 0. The summed E-state index contributed by atoms with van der Waals surface area (Å²) in [6.07, 6.45) is 2.60. The number of aromatic nitrogens is 2. The molecule has 0 saturated heterocycles. The maximum Gasteiger partial charge on any atom is 0.134 e. The van der Waals surface area contributed by atoms with Gasteiger partial charge in [0, 0.05) is 18.7 Å². The van der Waals surface area contributed by atoms with Gasteiger partial charge >= 0.3 is 0 Å². The maximum atomic E-state index is 4.41. The second-order valence-corrected chi connectivity index (χ2v) is 5.33. The van der Waals surface area contributed by atoms with Crippen molar-refractivity contribution in [3.05, 3.63) is 47.8 Å². The Hall–Kier alpha value is -2.10. The van der Waals surface area contributed by atoms with Crippen LogP contribution in [0.5, 0.6) is 0 Å². The van der Waals surface area contributed by atoms with E-state index >= 15 is 0 Å². The fourth-order valence-electron chi connectivity index (χ4n) is 2.36.